The summed E-state index contributed by atoms with van der Waals surface area (Å²) in [7, 11) is 0. The van der Waals surface area contributed by atoms with E-state index in [0.717, 1.165) is 31.3 Å². The van der Waals surface area contributed by atoms with E-state index in [1.807, 2.05) is 0 Å². The zero-order chi connectivity index (χ0) is 13.5. The number of benzene rings is 1. The first kappa shape index (κ1) is 14.7. The highest BCUT2D eigenvalue weighted by Gasteiger charge is 2.19. The number of rotatable bonds is 6. The van der Waals surface area contributed by atoms with Crippen LogP contribution in [0.15, 0.2) is 42.5 Å². The third kappa shape index (κ3) is 4.39. The van der Waals surface area contributed by atoms with Crippen LogP contribution < -0.4 is 0 Å². The van der Waals surface area contributed by atoms with E-state index in [2.05, 4.69) is 62.0 Å². The fourth-order valence-corrected chi connectivity index (χ4v) is 2.90. The molecule has 1 aromatic rings. The summed E-state index contributed by atoms with van der Waals surface area (Å²) in [6.45, 7) is 3.98. The lowest BCUT2D eigenvalue weighted by atomic mass is 9.85. The van der Waals surface area contributed by atoms with Crippen molar-refractivity contribution in [1.82, 2.24) is 0 Å². The van der Waals surface area contributed by atoms with Crippen LogP contribution in [-0.2, 0) is 4.74 Å². The van der Waals surface area contributed by atoms with Gasteiger partial charge in [-0.25, -0.2) is 0 Å². The minimum Gasteiger partial charge on any atom is -0.380 e. The number of allylic oxidation sites excluding steroid dienone is 2. The Hall–Kier alpha value is -0.730. The van der Waals surface area contributed by atoms with E-state index >= 15 is 0 Å². The molecule has 0 aliphatic heterocycles. The average molecular weight is 276 g/mol. The molecular weight excluding hydrogens is 252 g/mol. The fraction of sp³-hybridized carbons (Fsp3) is 0.529. The van der Waals surface area contributed by atoms with Gasteiger partial charge < -0.3 is 4.74 Å². The van der Waals surface area contributed by atoms with Crippen molar-refractivity contribution in [2.24, 2.45) is 11.8 Å². The molecule has 2 heteroatoms. The van der Waals surface area contributed by atoms with E-state index in [4.69, 9.17) is 4.74 Å². The zero-order valence-corrected chi connectivity index (χ0v) is 12.6. The summed E-state index contributed by atoms with van der Waals surface area (Å²) in [5, 5.41) is 0. The standard InChI is InChI=1S/C17H24OS/c1-14-7-5-6-10-16(14)11-18-12-17(13-19)15-8-3-2-4-9-15/h2-6,8-9,14,16-17,19H,7,10-13H2,1H3. The number of thiol groups is 1. The molecule has 104 valence electrons. The van der Waals surface area contributed by atoms with Crippen LogP contribution in [0.5, 0.6) is 0 Å². The van der Waals surface area contributed by atoms with Crippen LogP contribution in [0.2, 0.25) is 0 Å². The average Bonchev–Trinajstić information content (AvgIpc) is 2.46. The second kappa shape index (κ2) is 7.76. The van der Waals surface area contributed by atoms with E-state index in [-0.39, 0.29) is 0 Å². The van der Waals surface area contributed by atoms with Crippen LogP contribution in [0.25, 0.3) is 0 Å². The topological polar surface area (TPSA) is 9.23 Å². The molecule has 0 aromatic heterocycles. The highest BCUT2D eigenvalue weighted by molar-refractivity contribution is 7.80. The van der Waals surface area contributed by atoms with Gasteiger partial charge in [-0.15, -0.1) is 0 Å². The van der Waals surface area contributed by atoms with Crippen LogP contribution in [0, 0.1) is 11.8 Å². The minimum atomic E-state index is 0.402. The Labute approximate surface area is 122 Å². The van der Waals surface area contributed by atoms with Crippen molar-refractivity contribution in [3.05, 3.63) is 48.0 Å². The minimum absolute atomic E-state index is 0.402. The van der Waals surface area contributed by atoms with E-state index in [1.54, 1.807) is 0 Å². The van der Waals surface area contributed by atoms with Gasteiger partial charge in [0.25, 0.3) is 0 Å². The second-order valence-electron chi connectivity index (χ2n) is 5.51. The normalized spacial score (nSPS) is 24.3. The monoisotopic (exact) mass is 276 g/mol. The molecule has 19 heavy (non-hydrogen) atoms. The van der Waals surface area contributed by atoms with E-state index in [1.165, 1.54) is 12.0 Å². The predicted octanol–water partition coefficient (Wildman–Crippen LogP) is 4.32. The van der Waals surface area contributed by atoms with Gasteiger partial charge in [0, 0.05) is 12.5 Å². The molecule has 3 unspecified atom stereocenters. The van der Waals surface area contributed by atoms with Gasteiger partial charge >= 0.3 is 0 Å². The lowest BCUT2D eigenvalue weighted by molar-refractivity contribution is 0.0725. The Morgan fingerprint density at radius 1 is 1.21 bits per heavy atom. The van der Waals surface area contributed by atoms with Crippen LogP contribution >= 0.6 is 12.6 Å². The summed E-state index contributed by atoms with van der Waals surface area (Å²) in [6.07, 6.45) is 6.95. The summed E-state index contributed by atoms with van der Waals surface area (Å²) < 4.78 is 5.97. The molecule has 2 rings (SSSR count). The number of hydrogen-bond acceptors (Lipinski definition) is 2. The lowest BCUT2D eigenvalue weighted by Crippen LogP contribution is -2.21. The molecule has 0 amide bonds. The first-order valence-corrected chi connectivity index (χ1v) is 7.83. The molecule has 1 aliphatic rings. The first-order chi connectivity index (χ1) is 9.31. The molecule has 0 radical (unpaired) electrons. The Kier molecular flexibility index (Phi) is 5.99. The van der Waals surface area contributed by atoms with Crippen molar-refractivity contribution in [2.75, 3.05) is 19.0 Å². The number of ether oxygens (including phenoxy) is 1. The van der Waals surface area contributed by atoms with Gasteiger partial charge in [-0.2, -0.15) is 12.6 Å². The molecule has 0 fully saturated rings. The van der Waals surface area contributed by atoms with Gasteiger partial charge in [-0.05, 0) is 36.0 Å². The van der Waals surface area contributed by atoms with Crippen molar-refractivity contribution in [3.8, 4) is 0 Å². The largest absolute Gasteiger partial charge is 0.380 e. The maximum absolute atomic E-state index is 5.97. The summed E-state index contributed by atoms with van der Waals surface area (Å²) in [4.78, 5) is 0. The van der Waals surface area contributed by atoms with Gasteiger partial charge in [-0.3, -0.25) is 0 Å². The Morgan fingerprint density at radius 3 is 2.63 bits per heavy atom. The third-order valence-corrected chi connectivity index (χ3v) is 4.50. The van der Waals surface area contributed by atoms with Gasteiger partial charge in [0.2, 0.25) is 0 Å². The van der Waals surface area contributed by atoms with Gasteiger partial charge in [0.05, 0.1) is 6.61 Å². The van der Waals surface area contributed by atoms with Crippen LogP contribution in [-0.4, -0.2) is 19.0 Å². The maximum atomic E-state index is 5.97. The van der Waals surface area contributed by atoms with Crippen molar-refractivity contribution in [2.45, 2.75) is 25.7 Å². The SMILES string of the molecule is CC1CC=CCC1COCC(CS)c1ccccc1. The van der Waals surface area contributed by atoms with Crippen molar-refractivity contribution in [3.63, 3.8) is 0 Å². The molecule has 0 heterocycles. The number of hydrogen-bond donors (Lipinski definition) is 1. The summed E-state index contributed by atoms with van der Waals surface area (Å²) in [6, 6.07) is 10.5. The smallest absolute Gasteiger partial charge is 0.0542 e. The zero-order valence-electron chi connectivity index (χ0n) is 11.7. The van der Waals surface area contributed by atoms with Gasteiger partial charge in [-0.1, -0.05) is 49.4 Å². The molecule has 1 nitrogen and oxygen atoms in total. The molecule has 0 N–H and O–H groups in total. The van der Waals surface area contributed by atoms with E-state index < -0.39 is 0 Å². The molecule has 0 bridgehead atoms. The van der Waals surface area contributed by atoms with Crippen LogP contribution in [0.4, 0.5) is 0 Å². The highest BCUT2D eigenvalue weighted by atomic mass is 32.1. The summed E-state index contributed by atoms with van der Waals surface area (Å²) >= 11 is 4.45. The predicted molar refractivity (Wildman–Crippen MR) is 84.9 cm³/mol. The molecule has 0 saturated carbocycles. The van der Waals surface area contributed by atoms with Crippen molar-refractivity contribution in [1.29, 1.82) is 0 Å². The summed E-state index contributed by atoms with van der Waals surface area (Å²) in [5.41, 5.74) is 1.33. The Morgan fingerprint density at radius 2 is 1.95 bits per heavy atom. The molecule has 1 aromatic carbocycles. The molecule has 1 aliphatic carbocycles. The highest BCUT2D eigenvalue weighted by Crippen LogP contribution is 2.26. The Bertz CT molecular complexity index is 388. The maximum Gasteiger partial charge on any atom is 0.0542 e. The van der Waals surface area contributed by atoms with Crippen molar-refractivity contribution < 1.29 is 4.74 Å². The Balaban J connectivity index is 1.79. The van der Waals surface area contributed by atoms with Gasteiger partial charge in [0.1, 0.15) is 0 Å². The molecule has 0 saturated heterocycles. The van der Waals surface area contributed by atoms with Gasteiger partial charge in [0.15, 0.2) is 0 Å². The molecular formula is C17H24OS. The van der Waals surface area contributed by atoms with Crippen LogP contribution in [0.1, 0.15) is 31.2 Å². The first-order valence-electron chi connectivity index (χ1n) is 7.19. The van der Waals surface area contributed by atoms with Crippen molar-refractivity contribution >= 4 is 12.6 Å². The quantitative estimate of drug-likeness (QED) is 0.601. The lowest BCUT2D eigenvalue weighted by Gasteiger charge is -2.26. The third-order valence-electron chi connectivity index (χ3n) is 4.06. The summed E-state index contributed by atoms with van der Waals surface area (Å²) in [5.74, 6) is 2.67. The molecule has 3 atom stereocenters. The van der Waals surface area contributed by atoms with E-state index in [0.29, 0.717) is 11.8 Å². The van der Waals surface area contributed by atoms with Crippen LogP contribution in [0.3, 0.4) is 0 Å². The molecule has 0 spiro atoms. The fourth-order valence-electron chi connectivity index (χ4n) is 2.58. The second-order valence-corrected chi connectivity index (χ2v) is 5.87. The van der Waals surface area contributed by atoms with E-state index in [9.17, 15) is 0 Å².